The fourth-order valence-corrected chi connectivity index (χ4v) is 6.20. The molecule has 26 heavy (non-hydrogen) atoms. The molecule has 2 fully saturated rings. The van der Waals surface area contributed by atoms with Gasteiger partial charge in [0.05, 0.1) is 18.6 Å². The standard InChI is InChI=1S/C22H30O4/c1-3-10-26-21(25)18-12-19(24)22(2)9-8-16-15-7-5-14(23)11-13(15)4-6-17(16)20(18)22/h5,7,11,16-20,23-24H,3-4,6,8-10,12H2,1-2H3/t16-,17-,18+,19+,20-,22-/m1/s1. The summed E-state index contributed by atoms with van der Waals surface area (Å²) >= 11 is 0. The van der Waals surface area contributed by atoms with Crippen molar-refractivity contribution in [2.24, 2.45) is 23.2 Å². The van der Waals surface area contributed by atoms with Crippen molar-refractivity contribution in [2.45, 2.75) is 64.4 Å². The van der Waals surface area contributed by atoms with Gasteiger partial charge in [0.15, 0.2) is 0 Å². The van der Waals surface area contributed by atoms with Crippen molar-refractivity contribution in [1.82, 2.24) is 0 Å². The molecule has 2 N–H and O–H groups in total. The Bertz CT molecular complexity index is 699. The molecule has 0 bridgehead atoms. The maximum Gasteiger partial charge on any atom is 0.309 e. The van der Waals surface area contributed by atoms with E-state index in [4.69, 9.17) is 4.74 Å². The molecule has 4 nitrogen and oxygen atoms in total. The number of phenols is 1. The number of aliphatic hydroxyl groups excluding tert-OH is 1. The highest BCUT2D eigenvalue weighted by atomic mass is 16.5. The third-order valence-corrected chi connectivity index (χ3v) is 7.43. The van der Waals surface area contributed by atoms with E-state index < -0.39 is 6.10 Å². The third-order valence-electron chi connectivity index (χ3n) is 7.43. The molecule has 0 amide bonds. The number of benzene rings is 1. The van der Waals surface area contributed by atoms with Crippen LogP contribution in [0.15, 0.2) is 18.2 Å². The Morgan fingerprint density at radius 1 is 1.35 bits per heavy atom. The van der Waals surface area contributed by atoms with Gasteiger partial charge in [-0.05, 0) is 85.0 Å². The van der Waals surface area contributed by atoms with Crippen molar-refractivity contribution >= 4 is 5.97 Å². The van der Waals surface area contributed by atoms with Crippen LogP contribution in [0.2, 0.25) is 0 Å². The minimum Gasteiger partial charge on any atom is -0.508 e. The molecule has 4 heteroatoms. The number of carbonyl (C=O) groups excluding carboxylic acids is 1. The second-order valence-corrected chi connectivity index (χ2v) is 8.79. The molecule has 0 unspecified atom stereocenters. The van der Waals surface area contributed by atoms with Crippen molar-refractivity contribution in [3.05, 3.63) is 29.3 Å². The van der Waals surface area contributed by atoms with Crippen molar-refractivity contribution in [3.8, 4) is 5.75 Å². The highest BCUT2D eigenvalue weighted by Crippen LogP contribution is 2.63. The first-order chi connectivity index (χ1) is 12.5. The Kier molecular flexibility index (Phi) is 4.50. The average molecular weight is 358 g/mol. The van der Waals surface area contributed by atoms with E-state index >= 15 is 0 Å². The molecule has 142 valence electrons. The summed E-state index contributed by atoms with van der Waals surface area (Å²) in [6.07, 6.45) is 4.88. The molecule has 0 aromatic heterocycles. The Balaban J connectivity index is 1.67. The zero-order valence-corrected chi connectivity index (χ0v) is 15.8. The van der Waals surface area contributed by atoms with Crippen LogP contribution < -0.4 is 0 Å². The first-order valence-electron chi connectivity index (χ1n) is 10.1. The maximum absolute atomic E-state index is 12.7. The zero-order valence-electron chi connectivity index (χ0n) is 15.8. The largest absolute Gasteiger partial charge is 0.508 e. The fourth-order valence-electron chi connectivity index (χ4n) is 6.20. The first kappa shape index (κ1) is 17.8. The van der Waals surface area contributed by atoms with Gasteiger partial charge in [0.1, 0.15) is 5.75 Å². The Labute approximate surface area is 155 Å². The normalized spacial score (nSPS) is 38.2. The predicted molar refractivity (Wildman–Crippen MR) is 98.9 cm³/mol. The number of hydrogen-bond acceptors (Lipinski definition) is 4. The van der Waals surface area contributed by atoms with Gasteiger partial charge in [0.2, 0.25) is 0 Å². The van der Waals surface area contributed by atoms with Crippen LogP contribution in [-0.2, 0) is 16.0 Å². The lowest BCUT2D eigenvalue weighted by atomic mass is 9.54. The molecule has 4 rings (SSSR count). The summed E-state index contributed by atoms with van der Waals surface area (Å²) in [5.74, 6) is 1.04. The smallest absolute Gasteiger partial charge is 0.309 e. The van der Waals surface area contributed by atoms with Crippen LogP contribution in [-0.4, -0.2) is 28.9 Å². The average Bonchev–Trinajstić information content (AvgIpc) is 2.90. The van der Waals surface area contributed by atoms with Crippen molar-refractivity contribution in [2.75, 3.05) is 6.61 Å². The number of carbonyl (C=O) groups is 1. The van der Waals surface area contributed by atoms with Gasteiger partial charge in [0.25, 0.3) is 0 Å². The van der Waals surface area contributed by atoms with Gasteiger partial charge in [-0.25, -0.2) is 0 Å². The van der Waals surface area contributed by atoms with Crippen molar-refractivity contribution < 1.29 is 19.7 Å². The van der Waals surface area contributed by atoms with Crippen LogP contribution >= 0.6 is 0 Å². The summed E-state index contributed by atoms with van der Waals surface area (Å²) in [5.41, 5.74) is 2.40. The molecule has 6 atom stereocenters. The minimum absolute atomic E-state index is 0.114. The van der Waals surface area contributed by atoms with E-state index in [0.29, 0.717) is 30.6 Å². The van der Waals surface area contributed by atoms with E-state index in [1.807, 2.05) is 13.0 Å². The molecule has 0 radical (unpaired) electrons. The number of hydrogen-bond donors (Lipinski definition) is 2. The van der Waals surface area contributed by atoms with Crippen LogP contribution in [0.3, 0.4) is 0 Å². The highest BCUT2D eigenvalue weighted by Gasteiger charge is 2.60. The van der Waals surface area contributed by atoms with Gasteiger partial charge < -0.3 is 14.9 Å². The number of phenolic OH excluding ortho intramolecular Hbond substituents is 1. The van der Waals surface area contributed by atoms with Gasteiger partial charge in [-0.2, -0.15) is 0 Å². The molecular formula is C22H30O4. The Morgan fingerprint density at radius 3 is 2.92 bits per heavy atom. The van der Waals surface area contributed by atoms with E-state index in [2.05, 4.69) is 13.0 Å². The Morgan fingerprint density at radius 2 is 2.15 bits per heavy atom. The molecule has 2 saturated carbocycles. The number of ether oxygens (including phenoxy) is 1. The second kappa shape index (κ2) is 6.56. The van der Waals surface area contributed by atoms with E-state index in [-0.39, 0.29) is 23.2 Å². The third kappa shape index (κ3) is 2.65. The summed E-state index contributed by atoms with van der Waals surface area (Å²) in [5, 5.41) is 20.6. The zero-order chi connectivity index (χ0) is 18.5. The first-order valence-corrected chi connectivity index (χ1v) is 10.1. The number of aromatic hydroxyl groups is 1. The van der Waals surface area contributed by atoms with Crippen LogP contribution in [0.4, 0.5) is 0 Å². The summed E-state index contributed by atoms with van der Waals surface area (Å²) in [7, 11) is 0. The lowest BCUT2D eigenvalue weighted by Gasteiger charge is -2.51. The molecule has 0 heterocycles. The number of esters is 1. The van der Waals surface area contributed by atoms with E-state index in [1.54, 1.807) is 6.07 Å². The Hall–Kier alpha value is -1.55. The van der Waals surface area contributed by atoms with Crippen LogP contribution in [0.1, 0.15) is 63.0 Å². The summed E-state index contributed by atoms with van der Waals surface area (Å²) < 4.78 is 5.50. The summed E-state index contributed by atoms with van der Waals surface area (Å²) in [6, 6.07) is 5.75. The molecule has 0 aliphatic heterocycles. The van der Waals surface area contributed by atoms with Crippen LogP contribution in [0, 0.1) is 23.2 Å². The maximum atomic E-state index is 12.7. The number of aliphatic hydroxyl groups is 1. The fraction of sp³-hybridized carbons (Fsp3) is 0.682. The lowest BCUT2D eigenvalue weighted by molar-refractivity contribution is -0.152. The lowest BCUT2D eigenvalue weighted by Crippen LogP contribution is -2.46. The molecule has 3 aliphatic rings. The predicted octanol–water partition coefficient (Wildman–Crippen LogP) is 3.79. The van der Waals surface area contributed by atoms with Gasteiger partial charge >= 0.3 is 5.97 Å². The summed E-state index contributed by atoms with van der Waals surface area (Å²) in [6.45, 7) is 4.65. The van der Waals surface area contributed by atoms with Gasteiger partial charge in [-0.1, -0.05) is 19.9 Å². The number of rotatable bonds is 3. The molecule has 0 saturated heterocycles. The van der Waals surface area contributed by atoms with E-state index in [1.165, 1.54) is 11.1 Å². The quantitative estimate of drug-likeness (QED) is 0.807. The van der Waals surface area contributed by atoms with Gasteiger partial charge in [-0.15, -0.1) is 0 Å². The molecular weight excluding hydrogens is 328 g/mol. The van der Waals surface area contributed by atoms with Gasteiger partial charge in [-0.3, -0.25) is 4.79 Å². The van der Waals surface area contributed by atoms with Crippen molar-refractivity contribution in [3.63, 3.8) is 0 Å². The van der Waals surface area contributed by atoms with Crippen LogP contribution in [0.25, 0.3) is 0 Å². The summed E-state index contributed by atoms with van der Waals surface area (Å²) in [4.78, 5) is 12.7. The second-order valence-electron chi connectivity index (χ2n) is 8.79. The van der Waals surface area contributed by atoms with E-state index in [9.17, 15) is 15.0 Å². The van der Waals surface area contributed by atoms with Crippen molar-refractivity contribution in [1.29, 1.82) is 0 Å². The highest BCUT2D eigenvalue weighted by molar-refractivity contribution is 5.74. The van der Waals surface area contributed by atoms with Crippen LogP contribution in [0.5, 0.6) is 5.75 Å². The SMILES string of the molecule is CCCOC(=O)[C@H]1C[C@H](O)[C@@]2(C)CC[C@@H]3c4ccc(O)cc4CC[C@H]3[C@H]12. The molecule has 1 aromatic rings. The minimum atomic E-state index is -0.422. The molecule has 0 spiro atoms. The number of fused-ring (bicyclic) bond motifs is 5. The van der Waals surface area contributed by atoms with E-state index in [0.717, 1.165) is 32.1 Å². The monoisotopic (exact) mass is 358 g/mol. The molecule has 1 aromatic carbocycles. The molecule has 3 aliphatic carbocycles. The van der Waals surface area contributed by atoms with Gasteiger partial charge in [0, 0.05) is 0 Å². The topological polar surface area (TPSA) is 66.8 Å². The number of aryl methyl sites for hydroxylation is 1.